The van der Waals surface area contributed by atoms with Gasteiger partial charge in [0.15, 0.2) is 0 Å². The fourth-order valence-electron chi connectivity index (χ4n) is 4.37. The summed E-state index contributed by atoms with van der Waals surface area (Å²) in [5, 5.41) is 3.48. The van der Waals surface area contributed by atoms with E-state index in [1.807, 2.05) is 0 Å². The van der Waals surface area contributed by atoms with Gasteiger partial charge < -0.3 is 10.2 Å². The van der Waals surface area contributed by atoms with Crippen LogP contribution in [0.5, 0.6) is 0 Å². The molecule has 0 aliphatic carbocycles. The Balaban J connectivity index is 1.85. The van der Waals surface area contributed by atoms with Gasteiger partial charge in [-0.05, 0) is 49.0 Å². The second kappa shape index (κ2) is 10.0. The van der Waals surface area contributed by atoms with Crippen LogP contribution in [0.25, 0.3) is 0 Å². The van der Waals surface area contributed by atoms with Crippen molar-refractivity contribution >= 4 is 0 Å². The highest BCUT2D eigenvalue weighted by molar-refractivity contribution is 5.35. The summed E-state index contributed by atoms with van der Waals surface area (Å²) in [6, 6.07) is 7.83. The molecule has 0 bridgehead atoms. The predicted octanol–water partition coefficient (Wildman–Crippen LogP) is 2.99. The van der Waals surface area contributed by atoms with E-state index in [2.05, 4.69) is 66.0 Å². The lowest BCUT2D eigenvalue weighted by atomic mass is 9.93. The fraction of sp³-hybridized carbons (Fsp3) is 0.739. The molecule has 27 heavy (non-hydrogen) atoms. The fourth-order valence-corrected chi connectivity index (χ4v) is 4.37. The molecule has 4 nitrogen and oxygen atoms in total. The van der Waals surface area contributed by atoms with E-state index in [0.717, 1.165) is 51.6 Å². The molecule has 0 radical (unpaired) electrons. The first kappa shape index (κ1) is 20.8. The topological polar surface area (TPSA) is 21.8 Å². The van der Waals surface area contributed by atoms with Crippen LogP contribution < -0.4 is 5.32 Å². The molecular formula is C23H40N4. The van der Waals surface area contributed by atoms with Crippen LogP contribution in [0, 0.1) is 5.92 Å². The summed E-state index contributed by atoms with van der Waals surface area (Å²) >= 11 is 0. The van der Waals surface area contributed by atoms with Crippen molar-refractivity contribution < 1.29 is 0 Å². The van der Waals surface area contributed by atoms with Crippen LogP contribution in [0.1, 0.15) is 49.9 Å². The third-order valence-electron chi connectivity index (χ3n) is 6.27. The van der Waals surface area contributed by atoms with Crippen molar-refractivity contribution in [2.45, 2.75) is 46.2 Å². The molecule has 152 valence electrons. The zero-order valence-electron chi connectivity index (χ0n) is 18.0. The molecule has 0 amide bonds. The Morgan fingerprint density at radius 1 is 1.11 bits per heavy atom. The maximum atomic E-state index is 3.48. The van der Waals surface area contributed by atoms with Crippen molar-refractivity contribution in [2.24, 2.45) is 5.92 Å². The van der Waals surface area contributed by atoms with Gasteiger partial charge >= 0.3 is 0 Å². The summed E-state index contributed by atoms with van der Waals surface area (Å²) in [6.45, 7) is 17.4. The van der Waals surface area contributed by atoms with Crippen molar-refractivity contribution in [3.05, 3.63) is 34.9 Å². The molecule has 1 N–H and O–H groups in total. The van der Waals surface area contributed by atoms with E-state index in [0.29, 0.717) is 6.04 Å². The van der Waals surface area contributed by atoms with Gasteiger partial charge in [0.05, 0.1) is 0 Å². The Labute approximate surface area is 166 Å². The van der Waals surface area contributed by atoms with E-state index in [1.165, 1.54) is 31.6 Å². The molecule has 0 saturated carbocycles. The van der Waals surface area contributed by atoms with Gasteiger partial charge in [0.25, 0.3) is 0 Å². The Bertz CT molecular complexity index is 580. The zero-order chi connectivity index (χ0) is 19.2. The molecule has 2 saturated heterocycles. The van der Waals surface area contributed by atoms with Gasteiger partial charge in [-0.15, -0.1) is 0 Å². The van der Waals surface area contributed by atoms with Crippen molar-refractivity contribution in [2.75, 3.05) is 59.4 Å². The monoisotopic (exact) mass is 372 g/mol. The molecular weight excluding hydrogens is 332 g/mol. The Morgan fingerprint density at radius 2 is 1.89 bits per heavy atom. The first-order valence-corrected chi connectivity index (χ1v) is 11.0. The van der Waals surface area contributed by atoms with Crippen LogP contribution in [0.15, 0.2) is 18.2 Å². The van der Waals surface area contributed by atoms with Crippen LogP contribution in [-0.4, -0.2) is 74.1 Å². The number of nitrogens with zero attached hydrogens (tertiary/aromatic N) is 3. The van der Waals surface area contributed by atoms with Gasteiger partial charge in [-0.25, -0.2) is 0 Å². The van der Waals surface area contributed by atoms with Crippen molar-refractivity contribution in [1.29, 1.82) is 0 Å². The van der Waals surface area contributed by atoms with Crippen LogP contribution in [0.2, 0.25) is 0 Å². The second-order valence-electron chi connectivity index (χ2n) is 8.91. The normalized spacial score (nSPS) is 23.2. The lowest BCUT2D eigenvalue weighted by Gasteiger charge is -2.42. The Kier molecular flexibility index (Phi) is 7.71. The van der Waals surface area contributed by atoms with E-state index in [9.17, 15) is 0 Å². The van der Waals surface area contributed by atoms with Crippen LogP contribution in [0.3, 0.4) is 0 Å². The molecule has 4 heteroatoms. The average Bonchev–Trinajstić information content (AvgIpc) is 2.68. The van der Waals surface area contributed by atoms with Gasteiger partial charge in [-0.2, -0.15) is 0 Å². The van der Waals surface area contributed by atoms with Crippen LogP contribution in [0.4, 0.5) is 0 Å². The molecule has 1 aromatic carbocycles. The zero-order valence-corrected chi connectivity index (χ0v) is 18.0. The second-order valence-corrected chi connectivity index (χ2v) is 8.91. The van der Waals surface area contributed by atoms with Gasteiger partial charge in [-0.1, -0.05) is 39.0 Å². The van der Waals surface area contributed by atoms with Crippen molar-refractivity contribution in [3.63, 3.8) is 0 Å². The number of nitrogens with one attached hydrogen (secondary N) is 1. The molecule has 0 aromatic heterocycles. The largest absolute Gasteiger partial charge is 0.314 e. The lowest BCUT2D eigenvalue weighted by molar-refractivity contribution is 0.0844. The molecule has 3 rings (SSSR count). The molecule has 2 aliphatic rings. The number of hydrogen-bond acceptors (Lipinski definition) is 4. The highest BCUT2D eigenvalue weighted by atomic mass is 15.3. The number of aryl methyl sites for hydroxylation is 1. The van der Waals surface area contributed by atoms with Crippen LogP contribution >= 0.6 is 0 Å². The lowest BCUT2D eigenvalue weighted by Crippen LogP contribution is -2.48. The smallest absolute Gasteiger partial charge is 0.0478 e. The SMILES string of the molecule is CCc1ccc(CN2CCNCC2)c(C2CN(C)CCN2CCC(C)C)c1. The number of hydrogen-bond donors (Lipinski definition) is 1. The van der Waals surface area contributed by atoms with Crippen molar-refractivity contribution in [1.82, 2.24) is 20.0 Å². The molecule has 1 atom stereocenters. The van der Waals surface area contributed by atoms with E-state index in [1.54, 1.807) is 11.1 Å². The minimum absolute atomic E-state index is 0.534. The molecule has 2 aliphatic heterocycles. The summed E-state index contributed by atoms with van der Waals surface area (Å²) in [5.74, 6) is 0.771. The highest BCUT2D eigenvalue weighted by Gasteiger charge is 2.28. The van der Waals surface area contributed by atoms with E-state index in [4.69, 9.17) is 0 Å². The average molecular weight is 373 g/mol. The predicted molar refractivity (Wildman–Crippen MR) is 115 cm³/mol. The van der Waals surface area contributed by atoms with Crippen LogP contribution in [-0.2, 0) is 13.0 Å². The summed E-state index contributed by atoms with van der Waals surface area (Å²) < 4.78 is 0. The standard InChI is InChI=1S/C23H40N4/c1-5-20-6-7-21(17-26-12-9-24-10-13-26)22(16-20)23-18-25(4)14-15-27(23)11-8-19(2)3/h6-7,16,19,23-24H,5,8-15,17-18H2,1-4H3. The highest BCUT2D eigenvalue weighted by Crippen LogP contribution is 2.30. The minimum Gasteiger partial charge on any atom is -0.314 e. The van der Waals surface area contributed by atoms with Gasteiger partial charge in [0, 0.05) is 58.4 Å². The Hall–Kier alpha value is -0.940. The maximum absolute atomic E-state index is 3.48. The summed E-state index contributed by atoms with van der Waals surface area (Å²) in [7, 11) is 2.28. The van der Waals surface area contributed by atoms with Crippen molar-refractivity contribution in [3.8, 4) is 0 Å². The third kappa shape index (κ3) is 5.77. The maximum Gasteiger partial charge on any atom is 0.0478 e. The summed E-state index contributed by atoms with van der Waals surface area (Å²) in [5.41, 5.74) is 4.61. The third-order valence-corrected chi connectivity index (χ3v) is 6.27. The molecule has 0 spiro atoms. The number of benzene rings is 1. The van der Waals surface area contributed by atoms with E-state index < -0.39 is 0 Å². The number of piperazine rings is 2. The van der Waals surface area contributed by atoms with Gasteiger partial charge in [-0.3, -0.25) is 9.80 Å². The minimum atomic E-state index is 0.534. The molecule has 1 aromatic rings. The Morgan fingerprint density at radius 3 is 2.59 bits per heavy atom. The molecule has 1 unspecified atom stereocenters. The van der Waals surface area contributed by atoms with E-state index >= 15 is 0 Å². The van der Waals surface area contributed by atoms with Gasteiger partial charge in [0.1, 0.15) is 0 Å². The molecule has 2 fully saturated rings. The number of likely N-dealkylation sites (N-methyl/N-ethyl adjacent to an activating group) is 1. The van der Waals surface area contributed by atoms with E-state index in [-0.39, 0.29) is 0 Å². The molecule has 2 heterocycles. The quantitative estimate of drug-likeness (QED) is 0.794. The number of rotatable bonds is 7. The first-order valence-electron chi connectivity index (χ1n) is 11.0. The summed E-state index contributed by atoms with van der Waals surface area (Å²) in [6.07, 6.45) is 2.41. The first-order chi connectivity index (χ1) is 13.1. The van der Waals surface area contributed by atoms with Gasteiger partial charge in [0.2, 0.25) is 0 Å². The summed E-state index contributed by atoms with van der Waals surface area (Å²) in [4.78, 5) is 7.89.